The number of halogens is 1. The molecular weight excluding hydrogens is 216 g/mol. The summed E-state index contributed by atoms with van der Waals surface area (Å²) in [4.78, 5) is 10.3. The van der Waals surface area contributed by atoms with Gasteiger partial charge >= 0.3 is 5.97 Å². The summed E-state index contributed by atoms with van der Waals surface area (Å²) in [6.07, 6.45) is 0.626. The van der Waals surface area contributed by atoms with Gasteiger partial charge in [-0.05, 0) is 31.0 Å². The molecule has 0 aliphatic carbocycles. The maximum atomic E-state index is 10.3. The normalized spacial score (nSPS) is 10.0. The van der Waals surface area contributed by atoms with Crippen LogP contribution in [-0.4, -0.2) is 17.7 Å². The van der Waals surface area contributed by atoms with Crippen LogP contribution in [0.1, 0.15) is 18.4 Å². The highest BCUT2D eigenvalue weighted by Gasteiger charge is 2.01. The Morgan fingerprint density at radius 2 is 2.27 bits per heavy atom. The van der Waals surface area contributed by atoms with Crippen LogP contribution in [-0.2, 0) is 4.79 Å². The van der Waals surface area contributed by atoms with E-state index in [0.29, 0.717) is 23.8 Å². The summed E-state index contributed by atoms with van der Waals surface area (Å²) in [6, 6.07) is 5.40. The second kappa shape index (κ2) is 5.61. The van der Waals surface area contributed by atoms with Gasteiger partial charge in [-0.1, -0.05) is 17.7 Å². The van der Waals surface area contributed by atoms with Gasteiger partial charge in [-0.2, -0.15) is 0 Å². The third-order valence-electron chi connectivity index (χ3n) is 1.94. The molecule has 1 rings (SSSR count). The second-order valence-electron chi connectivity index (χ2n) is 3.26. The molecule has 1 aromatic rings. The van der Waals surface area contributed by atoms with Crippen molar-refractivity contribution in [3.05, 3.63) is 28.8 Å². The van der Waals surface area contributed by atoms with E-state index in [9.17, 15) is 4.79 Å². The lowest BCUT2D eigenvalue weighted by atomic mass is 10.2. The SMILES string of the molecule is Cc1ccc(Cl)cc1OCCCC(=O)O. The minimum atomic E-state index is -0.804. The lowest BCUT2D eigenvalue weighted by Gasteiger charge is -2.08. The fraction of sp³-hybridized carbons (Fsp3) is 0.364. The average molecular weight is 229 g/mol. The van der Waals surface area contributed by atoms with Gasteiger partial charge in [0.05, 0.1) is 6.61 Å². The van der Waals surface area contributed by atoms with E-state index in [1.165, 1.54) is 0 Å². The van der Waals surface area contributed by atoms with E-state index in [4.69, 9.17) is 21.4 Å². The zero-order chi connectivity index (χ0) is 11.3. The number of hydrogen-bond acceptors (Lipinski definition) is 2. The summed E-state index contributed by atoms with van der Waals surface area (Å²) >= 11 is 5.81. The standard InChI is InChI=1S/C11H13ClO3/c1-8-4-5-9(12)7-10(8)15-6-2-3-11(13)14/h4-5,7H,2-3,6H2,1H3,(H,13,14). The molecule has 0 spiro atoms. The Balaban J connectivity index is 2.43. The van der Waals surface area contributed by atoms with Crippen molar-refractivity contribution < 1.29 is 14.6 Å². The summed E-state index contributed by atoms with van der Waals surface area (Å²) in [5, 5.41) is 9.05. The summed E-state index contributed by atoms with van der Waals surface area (Å²) in [5.74, 6) is -0.0886. The summed E-state index contributed by atoms with van der Waals surface area (Å²) in [6.45, 7) is 2.32. The highest BCUT2D eigenvalue weighted by Crippen LogP contribution is 2.22. The van der Waals surface area contributed by atoms with Crippen molar-refractivity contribution in [3.63, 3.8) is 0 Å². The summed E-state index contributed by atoms with van der Waals surface area (Å²) in [5.41, 5.74) is 0.995. The number of carboxylic acids is 1. The Labute approximate surface area is 93.6 Å². The molecule has 0 saturated heterocycles. The summed E-state index contributed by atoms with van der Waals surface area (Å²) in [7, 11) is 0. The predicted molar refractivity (Wildman–Crippen MR) is 58.6 cm³/mol. The number of carbonyl (C=O) groups is 1. The van der Waals surface area contributed by atoms with Gasteiger partial charge in [0.1, 0.15) is 5.75 Å². The van der Waals surface area contributed by atoms with Crippen LogP contribution >= 0.6 is 11.6 Å². The van der Waals surface area contributed by atoms with E-state index in [1.807, 2.05) is 13.0 Å². The third-order valence-corrected chi connectivity index (χ3v) is 2.18. The van der Waals surface area contributed by atoms with Gasteiger partial charge in [-0.25, -0.2) is 0 Å². The minimum absolute atomic E-state index is 0.125. The Kier molecular flexibility index (Phi) is 4.43. The molecule has 0 saturated carbocycles. The Bertz CT molecular complexity index is 350. The molecule has 15 heavy (non-hydrogen) atoms. The topological polar surface area (TPSA) is 46.5 Å². The first-order valence-electron chi connectivity index (χ1n) is 4.70. The molecular formula is C11H13ClO3. The van der Waals surface area contributed by atoms with E-state index in [1.54, 1.807) is 12.1 Å². The van der Waals surface area contributed by atoms with Crippen molar-refractivity contribution in [1.29, 1.82) is 0 Å². The van der Waals surface area contributed by atoms with Crippen LogP contribution in [0.3, 0.4) is 0 Å². The lowest BCUT2D eigenvalue weighted by Crippen LogP contribution is -2.02. The van der Waals surface area contributed by atoms with Crippen LogP contribution in [0.2, 0.25) is 5.02 Å². The van der Waals surface area contributed by atoms with Gasteiger partial charge in [0.2, 0.25) is 0 Å². The van der Waals surface area contributed by atoms with Crippen molar-refractivity contribution in [2.75, 3.05) is 6.61 Å². The first-order chi connectivity index (χ1) is 7.09. The van der Waals surface area contributed by atoms with Gasteiger partial charge in [0.15, 0.2) is 0 Å². The summed E-state index contributed by atoms with van der Waals surface area (Å²) < 4.78 is 5.42. The molecule has 0 unspecified atom stereocenters. The zero-order valence-corrected chi connectivity index (χ0v) is 9.25. The molecule has 4 heteroatoms. The Hall–Kier alpha value is -1.22. The maximum absolute atomic E-state index is 10.3. The smallest absolute Gasteiger partial charge is 0.303 e. The first-order valence-corrected chi connectivity index (χ1v) is 5.08. The van der Waals surface area contributed by atoms with E-state index in [2.05, 4.69) is 0 Å². The van der Waals surface area contributed by atoms with Crippen LogP contribution < -0.4 is 4.74 Å². The fourth-order valence-electron chi connectivity index (χ4n) is 1.13. The highest BCUT2D eigenvalue weighted by atomic mass is 35.5. The Morgan fingerprint density at radius 3 is 2.93 bits per heavy atom. The number of ether oxygens (including phenoxy) is 1. The maximum Gasteiger partial charge on any atom is 0.303 e. The second-order valence-corrected chi connectivity index (χ2v) is 3.69. The quantitative estimate of drug-likeness (QED) is 0.789. The number of hydrogen-bond donors (Lipinski definition) is 1. The number of carboxylic acid groups (broad SMARTS) is 1. The van der Waals surface area contributed by atoms with Crippen molar-refractivity contribution in [2.45, 2.75) is 19.8 Å². The minimum Gasteiger partial charge on any atom is -0.493 e. The lowest BCUT2D eigenvalue weighted by molar-refractivity contribution is -0.137. The average Bonchev–Trinajstić information content (AvgIpc) is 2.17. The van der Waals surface area contributed by atoms with Crippen LogP contribution in [0.4, 0.5) is 0 Å². The molecule has 0 amide bonds. The molecule has 0 fully saturated rings. The number of aliphatic carboxylic acids is 1. The van der Waals surface area contributed by atoms with Crippen LogP contribution in [0, 0.1) is 6.92 Å². The van der Waals surface area contributed by atoms with E-state index in [0.717, 1.165) is 5.56 Å². The largest absolute Gasteiger partial charge is 0.493 e. The van der Waals surface area contributed by atoms with Crippen molar-refractivity contribution >= 4 is 17.6 Å². The highest BCUT2D eigenvalue weighted by molar-refractivity contribution is 6.30. The van der Waals surface area contributed by atoms with Crippen LogP contribution in [0.5, 0.6) is 5.75 Å². The van der Waals surface area contributed by atoms with Gasteiger partial charge in [0.25, 0.3) is 0 Å². The van der Waals surface area contributed by atoms with E-state index >= 15 is 0 Å². The first kappa shape index (κ1) is 11.9. The number of rotatable bonds is 5. The molecule has 0 radical (unpaired) electrons. The van der Waals surface area contributed by atoms with Gasteiger partial charge in [-0.3, -0.25) is 4.79 Å². The van der Waals surface area contributed by atoms with E-state index in [-0.39, 0.29) is 6.42 Å². The van der Waals surface area contributed by atoms with Gasteiger partial charge in [-0.15, -0.1) is 0 Å². The molecule has 1 N–H and O–H groups in total. The van der Waals surface area contributed by atoms with E-state index < -0.39 is 5.97 Å². The molecule has 0 atom stereocenters. The molecule has 0 aromatic heterocycles. The van der Waals surface area contributed by atoms with Crippen LogP contribution in [0.25, 0.3) is 0 Å². The van der Waals surface area contributed by atoms with Gasteiger partial charge < -0.3 is 9.84 Å². The van der Waals surface area contributed by atoms with Crippen molar-refractivity contribution in [3.8, 4) is 5.75 Å². The van der Waals surface area contributed by atoms with Crippen LogP contribution in [0.15, 0.2) is 18.2 Å². The van der Waals surface area contributed by atoms with Gasteiger partial charge in [0, 0.05) is 11.4 Å². The number of aryl methyl sites for hydroxylation is 1. The van der Waals surface area contributed by atoms with Crippen molar-refractivity contribution in [1.82, 2.24) is 0 Å². The Morgan fingerprint density at radius 1 is 1.53 bits per heavy atom. The molecule has 3 nitrogen and oxygen atoms in total. The fourth-order valence-corrected chi connectivity index (χ4v) is 1.30. The molecule has 1 aromatic carbocycles. The molecule has 0 aliphatic rings. The zero-order valence-electron chi connectivity index (χ0n) is 8.50. The molecule has 0 bridgehead atoms. The monoisotopic (exact) mass is 228 g/mol. The molecule has 82 valence electrons. The van der Waals surface area contributed by atoms with Crippen molar-refractivity contribution in [2.24, 2.45) is 0 Å². The number of benzene rings is 1. The third kappa shape index (κ3) is 4.21. The molecule has 0 aliphatic heterocycles. The predicted octanol–water partition coefficient (Wildman–Crippen LogP) is 2.89. The molecule has 0 heterocycles.